The molecule has 2 aliphatic rings. The van der Waals surface area contributed by atoms with Crippen LogP contribution >= 0.6 is 34.7 Å². The number of hydrogen-bond donors (Lipinski definition) is 1. The van der Waals surface area contributed by atoms with E-state index in [1.807, 2.05) is 0 Å². The highest BCUT2D eigenvalue weighted by Crippen LogP contribution is 2.54. The topological polar surface area (TPSA) is 88.5 Å². The Hall–Kier alpha value is -4.08. The van der Waals surface area contributed by atoms with Gasteiger partial charge in [-0.05, 0) is 48.0 Å². The third-order valence-electron chi connectivity index (χ3n) is 7.50. The summed E-state index contributed by atoms with van der Waals surface area (Å²) in [6.45, 7) is -0.651. The van der Waals surface area contributed by atoms with Crippen LogP contribution in [0.3, 0.4) is 0 Å². The second-order valence-electron chi connectivity index (χ2n) is 10.4. The van der Waals surface area contributed by atoms with Crippen LogP contribution in [0.5, 0.6) is 0 Å². The van der Waals surface area contributed by atoms with Crippen LogP contribution in [-0.2, 0) is 33.3 Å². The Labute approximate surface area is 268 Å². The number of hydrogen-bond acceptors (Lipinski definition) is 6. The van der Waals surface area contributed by atoms with Gasteiger partial charge in [0.05, 0.1) is 27.8 Å². The molecule has 4 aromatic rings. The van der Waals surface area contributed by atoms with Gasteiger partial charge < -0.3 is 5.32 Å². The van der Waals surface area contributed by atoms with Gasteiger partial charge in [0.2, 0.25) is 17.7 Å². The zero-order valence-corrected chi connectivity index (χ0v) is 25.2. The molecule has 3 unspecified atom stereocenters. The fourth-order valence-corrected chi connectivity index (χ4v) is 8.45. The van der Waals surface area contributed by atoms with Crippen molar-refractivity contribution in [3.63, 3.8) is 0 Å². The lowest BCUT2D eigenvalue weighted by atomic mass is 9.83. The van der Waals surface area contributed by atoms with Crippen molar-refractivity contribution in [1.82, 2.24) is 4.57 Å². The average Bonchev–Trinajstić information content (AvgIpc) is 3.43. The van der Waals surface area contributed by atoms with Crippen LogP contribution < -0.4 is 15.1 Å². The largest absolute Gasteiger partial charge is 0.418 e. The molecular formula is C30H18ClF6N3O4S2. The zero-order valence-electron chi connectivity index (χ0n) is 22.9. The summed E-state index contributed by atoms with van der Waals surface area (Å²) in [5, 5.41) is 1.55. The normalized spacial score (nSPS) is 19.6. The molecule has 7 nitrogen and oxygen atoms in total. The summed E-state index contributed by atoms with van der Waals surface area (Å²) in [6.07, 6.45) is -9.53. The first-order valence-corrected chi connectivity index (χ1v) is 15.4. The van der Waals surface area contributed by atoms with Gasteiger partial charge in [-0.15, -0.1) is 0 Å². The Kier molecular flexibility index (Phi) is 8.05. The van der Waals surface area contributed by atoms with E-state index in [1.165, 1.54) is 24.3 Å². The first-order chi connectivity index (χ1) is 21.6. The van der Waals surface area contributed by atoms with E-state index < -0.39 is 75.4 Å². The van der Waals surface area contributed by atoms with E-state index in [0.29, 0.717) is 31.7 Å². The van der Waals surface area contributed by atoms with Crippen LogP contribution in [0.4, 0.5) is 37.7 Å². The number of alkyl halides is 6. The smallest absolute Gasteiger partial charge is 0.325 e. The van der Waals surface area contributed by atoms with Crippen molar-refractivity contribution in [1.29, 1.82) is 0 Å². The van der Waals surface area contributed by atoms with Crippen molar-refractivity contribution < 1.29 is 40.7 Å². The van der Waals surface area contributed by atoms with Crippen molar-refractivity contribution in [2.75, 3.05) is 10.2 Å². The number of rotatable bonds is 5. The monoisotopic (exact) mass is 697 g/mol. The molecule has 3 heterocycles. The van der Waals surface area contributed by atoms with Gasteiger partial charge in [-0.2, -0.15) is 26.3 Å². The molecular weight excluding hydrogens is 680 g/mol. The summed E-state index contributed by atoms with van der Waals surface area (Å²) < 4.78 is 82.3. The highest BCUT2D eigenvalue weighted by molar-refractivity contribution is 8.00. The average molecular weight is 698 g/mol. The fraction of sp³-hybridized carbons (Fsp3) is 0.200. The molecule has 0 bridgehead atoms. The zero-order chi connectivity index (χ0) is 33.1. The molecule has 46 heavy (non-hydrogen) atoms. The number of aromatic nitrogens is 1. The number of carbonyl (C=O) groups excluding carboxylic acids is 3. The Bertz CT molecular complexity index is 1940. The SMILES string of the molecule is O=C(Cn1c2c(sc1=O)C(c1ccc(Cl)cc1)C1C(=O)N(c3ccccc3C(F)(F)F)C(=O)C1S2)Nc1cccc(C(F)(F)F)c1. The van der Waals surface area contributed by atoms with E-state index in [9.17, 15) is 45.5 Å². The summed E-state index contributed by atoms with van der Waals surface area (Å²) in [5.74, 6) is -4.84. The van der Waals surface area contributed by atoms with Gasteiger partial charge in [-0.1, -0.05) is 65.0 Å². The highest BCUT2D eigenvalue weighted by Gasteiger charge is 2.57. The molecule has 0 radical (unpaired) electrons. The summed E-state index contributed by atoms with van der Waals surface area (Å²) in [5.41, 5.74) is -2.52. The number of para-hydroxylation sites is 1. The quantitative estimate of drug-likeness (QED) is 0.179. The first kappa shape index (κ1) is 31.9. The third kappa shape index (κ3) is 5.71. The maximum atomic E-state index is 13.9. The Morgan fingerprint density at radius 3 is 2.24 bits per heavy atom. The molecule has 1 aromatic heterocycles. The van der Waals surface area contributed by atoms with E-state index in [1.54, 1.807) is 12.1 Å². The minimum atomic E-state index is -4.88. The molecule has 1 fully saturated rings. The number of imide groups is 1. The van der Waals surface area contributed by atoms with Crippen molar-refractivity contribution in [2.45, 2.75) is 35.1 Å². The van der Waals surface area contributed by atoms with Gasteiger partial charge in [-0.25, -0.2) is 4.90 Å². The van der Waals surface area contributed by atoms with E-state index in [-0.39, 0.29) is 10.7 Å². The lowest BCUT2D eigenvalue weighted by molar-refractivity contribution is -0.138. The Morgan fingerprint density at radius 1 is 0.870 bits per heavy atom. The number of thioether (sulfide) groups is 1. The summed E-state index contributed by atoms with van der Waals surface area (Å²) >= 11 is 7.54. The molecule has 0 saturated carbocycles. The van der Waals surface area contributed by atoms with E-state index >= 15 is 0 Å². The van der Waals surface area contributed by atoms with Crippen molar-refractivity contribution in [3.05, 3.63) is 109 Å². The molecule has 1 saturated heterocycles. The van der Waals surface area contributed by atoms with E-state index in [4.69, 9.17) is 11.6 Å². The highest BCUT2D eigenvalue weighted by atomic mass is 35.5. The number of fused-ring (bicyclic) bond motifs is 2. The predicted molar refractivity (Wildman–Crippen MR) is 159 cm³/mol. The number of benzene rings is 3. The van der Waals surface area contributed by atoms with Crippen LogP contribution in [-0.4, -0.2) is 27.5 Å². The number of nitrogens with one attached hydrogen (secondary N) is 1. The standard InChI is InChI=1S/C30H18ClF6N3O4S2/c31-16-10-8-14(9-11-16)21-22-23(26(43)40(25(22)42)19-7-2-1-6-18(19)30(35,36)37)45-27-24(21)46-28(44)39(27)13-20(41)38-17-5-3-4-15(12-17)29(32,33)34/h1-12,21-23H,13H2,(H,38,41). The number of nitrogens with zero attached hydrogens (tertiary/aromatic N) is 2. The van der Waals surface area contributed by atoms with Gasteiger partial charge in [-0.3, -0.25) is 23.7 Å². The van der Waals surface area contributed by atoms with Gasteiger partial charge in [0.15, 0.2) is 0 Å². The van der Waals surface area contributed by atoms with Crippen LogP contribution in [0.25, 0.3) is 0 Å². The molecule has 6 rings (SSSR count). The maximum absolute atomic E-state index is 13.9. The molecule has 3 aromatic carbocycles. The second-order valence-corrected chi connectivity index (χ2v) is 12.9. The number of anilines is 2. The summed E-state index contributed by atoms with van der Waals surface area (Å²) in [7, 11) is 0. The van der Waals surface area contributed by atoms with Crippen LogP contribution in [0, 0.1) is 5.92 Å². The molecule has 3 atom stereocenters. The number of thiazole rings is 1. The molecule has 0 aliphatic carbocycles. The van der Waals surface area contributed by atoms with Gasteiger partial charge in [0.1, 0.15) is 11.8 Å². The second kappa shape index (κ2) is 11.6. The summed E-state index contributed by atoms with van der Waals surface area (Å²) in [6, 6.07) is 14.3. The predicted octanol–water partition coefficient (Wildman–Crippen LogP) is 7.04. The van der Waals surface area contributed by atoms with Gasteiger partial charge >= 0.3 is 17.2 Å². The van der Waals surface area contributed by atoms with Crippen molar-refractivity contribution >= 4 is 63.8 Å². The van der Waals surface area contributed by atoms with Crippen LogP contribution in [0.1, 0.15) is 27.5 Å². The molecule has 1 N–H and O–H groups in total. The van der Waals surface area contributed by atoms with Crippen molar-refractivity contribution in [2.24, 2.45) is 5.92 Å². The molecule has 238 valence electrons. The lowest BCUT2D eigenvalue weighted by Gasteiger charge is -2.30. The van der Waals surface area contributed by atoms with E-state index in [0.717, 1.165) is 52.7 Å². The van der Waals surface area contributed by atoms with E-state index in [2.05, 4.69) is 5.32 Å². The van der Waals surface area contributed by atoms with Gasteiger partial charge in [0.25, 0.3) is 0 Å². The Balaban J connectivity index is 1.40. The number of halogens is 7. The molecule has 16 heteroatoms. The fourth-order valence-electron chi connectivity index (χ4n) is 5.55. The first-order valence-electron chi connectivity index (χ1n) is 13.3. The Morgan fingerprint density at radius 2 is 1.57 bits per heavy atom. The number of carbonyl (C=O) groups is 3. The van der Waals surface area contributed by atoms with Crippen LogP contribution in [0.15, 0.2) is 82.6 Å². The third-order valence-corrected chi connectivity index (χ3v) is 10.4. The molecule has 0 spiro atoms. The van der Waals surface area contributed by atoms with Crippen molar-refractivity contribution in [3.8, 4) is 0 Å². The minimum Gasteiger partial charge on any atom is -0.325 e. The minimum absolute atomic E-state index is 0.141. The lowest BCUT2D eigenvalue weighted by Crippen LogP contribution is -2.33. The number of amides is 3. The van der Waals surface area contributed by atoms with Gasteiger partial charge in [0, 0.05) is 21.5 Å². The molecule has 2 aliphatic heterocycles. The summed E-state index contributed by atoms with van der Waals surface area (Å²) in [4.78, 5) is 54.1. The van der Waals surface area contributed by atoms with Crippen LogP contribution in [0.2, 0.25) is 5.02 Å². The maximum Gasteiger partial charge on any atom is 0.418 e. The molecule has 3 amide bonds.